The first kappa shape index (κ1) is 26.2. The highest BCUT2D eigenvalue weighted by Gasteiger charge is 2.23. The molecule has 0 spiro atoms. The van der Waals surface area contributed by atoms with Crippen molar-refractivity contribution in [2.75, 3.05) is 59.3 Å². The number of morpholine rings is 1. The Balaban J connectivity index is 0.00000341. The van der Waals surface area contributed by atoms with Gasteiger partial charge in [0.2, 0.25) is 0 Å². The molecule has 0 aliphatic carbocycles. The molecule has 1 aliphatic heterocycles. The van der Waals surface area contributed by atoms with E-state index in [1.807, 2.05) is 30.8 Å². The molecule has 1 aliphatic rings. The number of ether oxygens (including phenoxy) is 2. The van der Waals surface area contributed by atoms with Crippen molar-refractivity contribution in [3.05, 3.63) is 41.4 Å². The number of halogens is 1. The summed E-state index contributed by atoms with van der Waals surface area (Å²) in [4.78, 5) is 11.2. The van der Waals surface area contributed by atoms with Gasteiger partial charge in [-0.3, -0.25) is 9.89 Å². The minimum atomic E-state index is 0. The number of thiazole rings is 1. The first-order valence-electron chi connectivity index (χ1n) is 10.2. The smallest absolute Gasteiger partial charge is 0.191 e. The third-order valence-electron chi connectivity index (χ3n) is 4.92. The first-order valence-corrected chi connectivity index (χ1v) is 12.1. The lowest BCUT2D eigenvalue weighted by Crippen LogP contribution is -2.46. The Kier molecular flexibility index (Phi) is 12.6. The number of aliphatic imine (C=N–C) groups is 1. The number of nitrogens with one attached hydrogen (secondary N) is 2. The van der Waals surface area contributed by atoms with Crippen molar-refractivity contribution in [1.29, 1.82) is 0 Å². The summed E-state index contributed by atoms with van der Waals surface area (Å²) in [6, 6.07) is 8.59. The van der Waals surface area contributed by atoms with E-state index in [4.69, 9.17) is 9.47 Å². The molecule has 0 saturated carbocycles. The minimum Gasteiger partial charge on any atom is -0.497 e. The van der Waals surface area contributed by atoms with Crippen LogP contribution in [-0.2, 0) is 4.74 Å². The van der Waals surface area contributed by atoms with Gasteiger partial charge >= 0.3 is 0 Å². The zero-order valence-electron chi connectivity index (χ0n) is 18.1. The lowest BCUT2D eigenvalue weighted by Gasteiger charge is -2.35. The van der Waals surface area contributed by atoms with Gasteiger partial charge in [-0.15, -0.1) is 35.3 Å². The summed E-state index contributed by atoms with van der Waals surface area (Å²) in [5, 5.41) is 8.94. The van der Waals surface area contributed by atoms with E-state index >= 15 is 0 Å². The largest absolute Gasteiger partial charge is 0.497 e. The molecule has 1 aromatic heterocycles. The van der Waals surface area contributed by atoms with Gasteiger partial charge in [0, 0.05) is 50.6 Å². The topological polar surface area (TPSA) is 71.0 Å². The predicted molar refractivity (Wildman–Crippen MR) is 140 cm³/mol. The number of nitrogens with zero attached hydrogens (tertiary/aromatic N) is 3. The molecule has 1 atom stereocenters. The van der Waals surface area contributed by atoms with Crippen LogP contribution in [0.3, 0.4) is 0 Å². The van der Waals surface area contributed by atoms with Gasteiger partial charge in [-0.2, -0.15) is 0 Å². The summed E-state index contributed by atoms with van der Waals surface area (Å²) in [7, 11) is 3.51. The maximum atomic E-state index is 5.55. The second kappa shape index (κ2) is 14.9. The Morgan fingerprint density at radius 3 is 2.71 bits per heavy atom. The second-order valence-electron chi connectivity index (χ2n) is 6.82. The van der Waals surface area contributed by atoms with Crippen LogP contribution in [0.15, 0.2) is 45.2 Å². The molecule has 2 heterocycles. The highest BCUT2D eigenvalue weighted by atomic mass is 127. The van der Waals surface area contributed by atoms with Crippen molar-refractivity contribution < 1.29 is 9.47 Å². The average Bonchev–Trinajstić information content (AvgIpc) is 3.32. The fraction of sp³-hybridized carbons (Fsp3) is 0.524. The first-order chi connectivity index (χ1) is 14.8. The molecule has 1 aromatic carbocycles. The lowest BCUT2D eigenvalue weighted by molar-refractivity contribution is 0.0170. The zero-order chi connectivity index (χ0) is 21.0. The van der Waals surface area contributed by atoms with E-state index in [9.17, 15) is 0 Å². The number of hydrogen-bond acceptors (Lipinski definition) is 7. The maximum Gasteiger partial charge on any atom is 0.191 e. The van der Waals surface area contributed by atoms with Crippen molar-refractivity contribution in [3.63, 3.8) is 0 Å². The summed E-state index contributed by atoms with van der Waals surface area (Å²) >= 11 is 3.49. The summed E-state index contributed by atoms with van der Waals surface area (Å²) in [6.07, 6.45) is 2.90. The minimum absolute atomic E-state index is 0. The zero-order valence-corrected chi connectivity index (χ0v) is 22.0. The SMILES string of the molecule is CN=C(NCCCSc1nccs1)NCC(c1ccc(OC)cc1)N1CCOCC1.I. The van der Waals surface area contributed by atoms with Crippen LogP contribution in [0.1, 0.15) is 18.0 Å². The molecular formula is C21H32IN5O2S2. The molecule has 1 saturated heterocycles. The van der Waals surface area contributed by atoms with Gasteiger partial charge in [0.1, 0.15) is 10.1 Å². The van der Waals surface area contributed by atoms with Crippen LogP contribution in [0.5, 0.6) is 5.75 Å². The van der Waals surface area contributed by atoms with Crippen LogP contribution in [-0.4, -0.2) is 75.1 Å². The molecule has 0 bridgehead atoms. The van der Waals surface area contributed by atoms with Crippen LogP contribution in [0.2, 0.25) is 0 Å². The van der Waals surface area contributed by atoms with Crippen molar-refractivity contribution in [2.24, 2.45) is 4.99 Å². The van der Waals surface area contributed by atoms with E-state index in [0.29, 0.717) is 0 Å². The van der Waals surface area contributed by atoms with E-state index in [2.05, 4.69) is 37.6 Å². The summed E-state index contributed by atoms with van der Waals surface area (Å²) in [5.74, 6) is 2.75. The Morgan fingerprint density at radius 1 is 1.29 bits per heavy atom. The van der Waals surface area contributed by atoms with Gasteiger partial charge in [0.05, 0.1) is 26.4 Å². The van der Waals surface area contributed by atoms with Crippen LogP contribution < -0.4 is 15.4 Å². The number of aromatic nitrogens is 1. The van der Waals surface area contributed by atoms with E-state index < -0.39 is 0 Å². The molecule has 172 valence electrons. The van der Waals surface area contributed by atoms with E-state index in [-0.39, 0.29) is 30.0 Å². The molecule has 0 amide bonds. The molecule has 7 nitrogen and oxygen atoms in total. The molecule has 1 unspecified atom stereocenters. The van der Waals surface area contributed by atoms with Crippen molar-refractivity contribution in [3.8, 4) is 5.75 Å². The molecule has 2 aromatic rings. The normalized spacial score (nSPS) is 15.7. The van der Waals surface area contributed by atoms with Gasteiger partial charge in [-0.1, -0.05) is 23.9 Å². The van der Waals surface area contributed by atoms with Gasteiger partial charge < -0.3 is 20.1 Å². The molecule has 1 fully saturated rings. The highest BCUT2D eigenvalue weighted by Crippen LogP contribution is 2.24. The Bertz CT molecular complexity index is 756. The molecule has 31 heavy (non-hydrogen) atoms. The average molecular weight is 578 g/mol. The van der Waals surface area contributed by atoms with Crippen LogP contribution in [0.4, 0.5) is 0 Å². The number of thioether (sulfide) groups is 1. The summed E-state index contributed by atoms with van der Waals surface area (Å²) in [5.41, 5.74) is 1.26. The van der Waals surface area contributed by atoms with Gasteiger partial charge in [-0.05, 0) is 24.1 Å². The van der Waals surface area contributed by atoms with Crippen LogP contribution in [0.25, 0.3) is 0 Å². The van der Waals surface area contributed by atoms with E-state index in [1.54, 1.807) is 30.2 Å². The number of guanidine groups is 1. The highest BCUT2D eigenvalue weighted by molar-refractivity contribution is 14.0. The lowest BCUT2D eigenvalue weighted by atomic mass is 10.0. The maximum absolute atomic E-state index is 5.55. The monoisotopic (exact) mass is 577 g/mol. The van der Waals surface area contributed by atoms with Crippen LogP contribution >= 0.6 is 47.1 Å². The summed E-state index contributed by atoms with van der Waals surface area (Å²) in [6.45, 7) is 5.06. The van der Waals surface area contributed by atoms with Gasteiger partial charge in [-0.25, -0.2) is 4.98 Å². The number of methoxy groups -OCH3 is 1. The van der Waals surface area contributed by atoms with Crippen molar-refractivity contribution in [1.82, 2.24) is 20.5 Å². The Labute approximate surface area is 210 Å². The number of benzene rings is 1. The fourth-order valence-corrected chi connectivity index (χ4v) is 4.95. The van der Waals surface area contributed by atoms with E-state index in [1.165, 1.54) is 5.56 Å². The van der Waals surface area contributed by atoms with Gasteiger partial charge in [0.15, 0.2) is 5.96 Å². The molecule has 3 rings (SSSR count). The third-order valence-corrected chi connectivity index (χ3v) is 6.97. The molecule has 2 N–H and O–H groups in total. The Morgan fingerprint density at radius 2 is 2.06 bits per heavy atom. The molecule has 10 heteroatoms. The van der Waals surface area contributed by atoms with Gasteiger partial charge in [0.25, 0.3) is 0 Å². The van der Waals surface area contributed by atoms with Crippen molar-refractivity contribution >= 4 is 53.0 Å². The molecular weight excluding hydrogens is 545 g/mol. The van der Waals surface area contributed by atoms with E-state index in [0.717, 1.165) is 67.6 Å². The third kappa shape index (κ3) is 8.76. The molecule has 0 radical (unpaired) electrons. The predicted octanol–water partition coefficient (Wildman–Crippen LogP) is 3.49. The number of rotatable bonds is 10. The number of hydrogen-bond donors (Lipinski definition) is 2. The van der Waals surface area contributed by atoms with Crippen LogP contribution in [0, 0.1) is 0 Å². The quantitative estimate of drug-likeness (QED) is 0.147. The fourth-order valence-electron chi connectivity index (χ4n) is 3.31. The van der Waals surface area contributed by atoms with Crippen molar-refractivity contribution in [2.45, 2.75) is 16.8 Å². The second-order valence-corrected chi connectivity index (χ2v) is 9.05. The summed E-state index contributed by atoms with van der Waals surface area (Å²) < 4.78 is 12.0. The Hall–Kier alpha value is -1.08. The standard InChI is InChI=1S/C21H31N5O2S2.HI/c1-22-20(23-8-3-14-29-21-24-9-15-30-21)25-16-19(26-10-12-28-13-11-26)17-4-6-18(27-2)7-5-17;/h4-7,9,15,19H,3,8,10-14,16H2,1-2H3,(H2,22,23,25);1H.